The molecule has 26 heavy (non-hydrogen) atoms. The SMILES string of the molecule is [2H][13C]([2H])([2H])c1cc2c(cc1C(=C)c1ccc(C(=O)O)cc1)C(C)(C)CCC2(C)C. The quantitative estimate of drug-likeness (QED) is 0.677. The van der Waals surface area contributed by atoms with E-state index in [1.807, 2.05) is 12.1 Å². The van der Waals surface area contributed by atoms with Crippen LogP contribution in [0.5, 0.6) is 0 Å². The number of benzene rings is 2. The monoisotopic (exact) mass is 352 g/mol. The number of carbonyl (C=O) groups is 1. The molecule has 1 aliphatic rings. The van der Waals surface area contributed by atoms with Crippen LogP contribution in [-0.4, -0.2) is 11.1 Å². The Morgan fingerprint density at radius 2 is 1.50 bits per heavy atom. The standard InChI is InChI=1S/C24H28O2/c1-15-13-20-21(24(5,6)12-11-23(20,3)4)14-19(15)16(2)17-7-9-18(10-8-17)22(25)26/h7-10,13-14H,2,11-12H2,1,3-6H3,(H,25,26)/i1+1D3. The zero-order chi connectivity index (χ0) is 21.8. The van der Waals surface area contributed by atoms with Crippen LogP contribution in [-0.2, 0) is 10.8 Å². The highest BCUT2D eigenvalue weighted by molar-refractivity contribution is 5.89. The lowest BCUT2D eigenvalue weighted by Gasteiger charge is -2.42. The lowest BCUT2D eigenvalue weighted by Crippen LogP contribution is -2.34. The molecular formula is C24H28O2. The third-order valence-electron chi connectivity index (χ3n) is 5.80. The predicted octanol–water partition coefficient (Wildman–Crippen LogP) is 6.10. The van der Waals surface area contributed by atoms with Crippen molar-refractivity contribution in [3.05, 3.63) is 76.4 Å². The van der Waals surface area contributed by atoms with E-state index in [1.165, 1.54) is 17.7 Å². The second kappa shape index (κ2) is 6.12. The van der Waals surface area contributed by atoms with Crippen molar-refractivity contribution in [3.63, 3.8) is 0 Å². The largest absolute Gasteiger partial charge is 0.478 e. The molecule has 2 heteroatoms. The smallest absolute Gasteiger partial charge is 0.335 e. The molecule has 0 aliphatic heterocycles. The molecule has 136 valence electrons. The van der Waals surface area contributed by atoms with Crippen molar-refractivity contribution in [2.24, 2.45) is 0 Å². The average Bonchev–Trinajstić information content (AvgIpc) is 2.63. The van der Waals surface area contributed by atoms with Gasteiger partial charge in [-0.25, -0.2) is 4.79 Å². The molecule has 0 atom stereocenters. The maximum absolute atomic E-state index is 11.1. The molecule has 0 spiro atoms. The first kappa shape index (κ1) is 14.8. The maximum Gasteiger partial charge on any atom is 0.335 e. The summed E-state index contributed by atoms with van der Waals surface area (Å²) in [7, 11) is 0. The lowest BCUT2D eigenvalue weighted by molar-refractivity contribution is 0.0697. The van der Waals surface area contributed by atoms with Crippen LogP contribution in [0.3, 0.4) is 0 Å². The molecule has 2 aromatic rings. The van der Waals surface area contributed by atoms with Gasteiger partial charge < -0.3 is 5.11 Å². The summed E-state index contributed by atoms with van der Waals surface area (Å²) in [6, 6.07) is 10.3. The van der Waals surface area contributed by atoms with Crippen molar-refractivity contribution in [2.75, 3.05) is 0 Å². The number of aryl methyl sites for hydroxylation is 1. The predicted molar refractivity (Wildman–Crippen MR) is 108 cm³/mol. The highest BCUT2D eigenvalue weighted by Crippen LogP contribution is 2.47. The fourth-order valence-electron chi connectivity index (χ4n) is 3.83. The molecule has 0 aromatic heterocycles. The van der Waals surface area contributed by atoms with E-state index in [0.717, 1.165) is 18.4 Å². The van der Waals surface area contributed by atoms with Gasteiger partial charge in [0.25, 0.3) is 0 Å². The number of aromatic carboxylic acids is 1. The minimum absolute atomic E-state index is 0.0552. The molecule has 0 bridgehead atoms. The average molecular weight is 352 g/mol. The molecule has 0 heterocycles. The van der Waals surface area contributed by atoms with Gasteiger partial charge in [-0.15, -0.1) is 0 Å². The number of fused-ring (bicyclic) bond motifs is 1. The third-order valence-corrected chi connectivity index (χ3v) is 5.80. The van der Waals surface area contributed by atoms with Gasteiger partial charge in [0.15, 0.2) is 0 Å². The van der Waals surface area contributed by atoms with E-state index in [4.69, 9.17) is 9.22 Å². The van der Waals surface area contributed by atoms with Crippen molar-refractivity contribution in [1.82, 2.24) is 0 Å². The van der Waals surface area contributed by atoms with Gasteiger partial charge in [-0.3, -0.25) is 0 Å². The van der Waals surface area contributed by atoms with Gasteiger partial charge in [0, 0.05) is 4.11 Å². The first-order valence-electron chi connectivity index (χ1n) is 10.5. The molecule has 0 unspecified atom stereocenters. The Balaban J connectivity index is 2.22. The highest BCUT2D eigenvalue weighted by Gasteiger charge is 2.37. The summed E-state index contributed by atoms with van der Waals surface area (Å²) < 4.78 is 24.4. The fourth-order valence-corrected chi connectivity index (χ4v) is 3.83. The third kappa shape index (κ3) is 3.09. The molecule has 0 saturated carbocycles. The molecular weight excluding hydrogens is 321 g/mol. The summed E-state index contributed by atoms with van der Waals surface area (Å²) in [5.41, 5.74) is 4.52. The number of carboxylic acids is 1. The molecule has 0 fully saturated rings. The summed E-state index contributed by atoms with van der Waals surface area (Å²) in [6.45, 7) is 10.6. The van der Waals surface area contributed by atoms with E-state index >= 15 is 0 Å². The lowest BCUT2D eigenvalue weighted by atomic mass is 9.62. The van der Waals surface area contributed by atoms with E-state index in [-0.39, 0.29) is 16.4 Å². The molecule has 0 amide bonds. The first-order valence-corrected chi connectivity index (χ1v) is 8.96. The van der Waals surface area contributed by atoms with Gasteiger partial charge in [0.2, 0.25) is 0 Å². The van der Waals surface area contributed by atoms with Gasteiger partial charge in [-0.05, 0) is 76.0 Å². The van der Waals surface area contributed by atoms with E-state index in [1.54, 1.807) is 12.1 Å². The molecule has 0 saturated heterocycles. The van der Waals surface area contributed by atoms with Crippen molar-refractivity contribution >= 4 is 11.5 Å². The highest BCUT2D eigenvalue weighted by atomic mass is 16.4. The zero-order valence-corrected chi connectivity index (χ0v) is 15.9. The number of hydrogen-bond donors (Lipinski definition) is 1. The Labute approximate surface area is 160 Å². The van der Waals surface area contributed by atoms with Gasteiger partial charge in [0.05, 0.1) is 5.56 Å². The summed E-state index contributed by atoms with van der Waals surface area (Å²) in [5.74, 6) is -0.997. The Bertz CT molecular complexity index is 980. The Morgan fingerprint density at radius 3 is 2.00 bits per heavy atom. The van der Waals surface area contributed by atoms with Crippen LogP contribution in [0.2, 0.25) is 0 Å². The van der Waals surface area contributed by atoms with Crippen LogP contribution in [0, 0.1) is 6.85 Å². The van der Waals surface area contributed by atoms with Gasteiger partial charge in [-0.2, -0.15) is 0 Å². The normalized spacial score (nSPS) is 19.6. The zero-order valence-electron chi connectivity index (χ0n) is 18.9. The summed E-state index contributed by atoms with van der Waals surface area (Å²) in [4.78, 5) is 11.1. The topological polar surface area (TPSA) is 37.3 Å². The van der Waals surface area contributed by atoms with Crippen LogP contribution in [0.1, 0.15) is 82.8 Å². The molecule has 1 N–H and O–H groups in total. The van der Waals surface area contributed by atoms with Crippen LogP contribution < -0.4 is 0 Å². The molecule has 3 rings (SSSR count). The molecule has 2 nitrogen and oxygen atoms in total. The minimum atomic E-state index is -2.27. The van der Waals surface area contributed by atoms with Crippen molar-refractivity contribution < 1.29 is 14.0 Å². The van der Waals surface area contributed by atoms with Gasteiger partial charge >= 0.3 is 5.97 Å². The van der Waals surface area contributed by atoms with Crippen LogP contribution in [0.15, 0.2) is 43.0 Å². The fraction of sp³-hybridized carbons (Fsp3) is 0.375. The maximum atomic E-state index is 11.1. The Morgan fingerprint density at radius 1 is 1.00 bits per heavy atom. The van der Waals surface area contributed by atoms with Crippen LogP contribution in [0.25, 0.3) is 5.57 Å². The molecule has 1 aliphatic carbocycles. The second-order valence-corrected chi connectivity index (χ2v) is 8.57. The number of hydrogen-bond acceptors (Lipinski definition) is 1. The van der Waals surface area contributed by atoms with Gasteiger partial charge in [-0.1, -0.05) is 58.5 Å². The molecule has 0 radical (unpaired) electrons. The van der Waals surface area contributed by atoms with Crippen LogP contribution >= 0.6 is 0 Å². The van der Waals surface area contributed by atoms with Crippen LogP contribution in [0.4, 0.5) is 0 Å². The van der Waals surface area contributed by atoms with E-state index in [0.29, 0.717) is 22.3 Å². The second-order valence-electron chi connectivity index (χ2n) is 8.57. The molecule has 2 aromatic carbocycles. The van der Waals surface area contributed by atoms with Crippen molar-refractivity contribution in [3.8, 4) is 0 Å². The van der Waals surface area contributed by atoms with E-state index < -0.39 is 12.8 Å². The summed E-state index contributed by atoms with van der Waals surface area (Å²) >= 11 is 0. The Kier molecular flexibility index (Phi) is 3.48. The summed E-state index contributed by atoms with van der Waals surface area (Å²) in [5, 5.41) is 9.12. The van der Waals surface area contributed by atoms with Crippen molar-refractivity contribution in [2.45, 2.75) is 58.2 Å². The minimum Gasteiger partial charge on any atom is -0.478 e. The van der Waals surface area contributed by atoms with Gasteiger partial charge in [0.1, 0.15) is 0 Å². The Hall–Kier alpha value is -2.35. The summed E-state index contributed by atoms with van der Waals surface area (Å²) in [6.07, 6.45) is 2.03. The van der Waals surface area contributed by atoms with E-state index in [2.05, 4.69) is 34.3 Å². The number of rotatable bonds is 3. The van der Waals surface area contributed by atoms with E-state index in [9.17, 15) is 4.79 Å². The van der Waals surface area contributed by atoms with Crippen molar-refractivity contribution in [1.29, 1.82) is 0 Å². The first-order chi connectivity index (χ1) is 13.2. The number of carboxylic acid groups (broad SMARTS) is 1.